The van der Waals surface area contributed by atoms with Crippen LogP contribution >= 0.6 is 0 Å². The molecule has 3 aromatic carbocycles. The van der Waals surface area contributed by atoms with E-state index in [0.29, 0.717) is 18.7 Å². The van der Waals surface area contributed by atoms with Gasteiger partial charge in [0.05, 0.1) is 0 Å². The molecule has 2 aliphatic rings. The zero-order chi connectivity index (χ0) is 24.5. The first-order valence-electron chi connectivity index (χ1n) is 12.4. The summed E-state index contributed by atoms with van der Waals surface area (Å²) in [6.07, 6.45) is 2.17. The molecular weight excluding hydrogens is 438 g/mol. The Morgan fingerprint density at radius 2 is 1.80 bits per heavy atom. The smallest absolute Gasteiger partial charge is 0.150 e. The van der Waals surface area contributed by atoms with Gasteiger partial charge in [0.25, 0.3) is 0 Å². The van der Waals surface area contributed by atoms with Crippen molar-refractivity contribution in [3.63, 3.8) is 0 Å². The molecule has 0 radical (unpaired) electrons. The van der Waals surface area contributed by atoms with Crippen LogP contribution in [0, 0.1) is 0 Å². The average Bonchev–Trinajstić information content (AvgIpc) is 3.29. The highest BCUT2D eigenvalue weighted by Crippen LogP contribution is 2.47. The Bertz CT molecular complexity index is 1230. The fraction of sp³-hybridized carbons (Fsp3) is 0.333. The van der Waals surface area contributed by atoms with Crippen LogP contribution in [-0.4, -0.2) is 40.3 Å². The fourth-order valence-electron chi connectivity index (χ4n) is 5.38. The summed E-state index contributed by atoms with van der Waals surface area (Å²) in [5.74, 6) is 1.96. The van der Waals surface area contributed by atoms with E-state index in [1.807, 2.05) is 43.3 Å². The third-order valence-electron chi connectivity index (χ3n) is 7.28. The predicted molar refractivity (Wildman–Crippen MR) is 139 cm³/mol. The van der Waals surface area contributed by atoms with E-state index in [-0.39, 0.29) is 17.6 Å². The van der Waals surface area contributed by atoms with Crippen LogP contribution in [0.2, 0.25) is 0 Å². The Balaban J connectivity index is 1.42. The Kier molecular flexibility index (Phi) is 6.44. The first-order chi connectivity index (χ1) is 16.9. The minimum atomic E-state index is -0.354. The van der Waals surface area contributed by atoms with Crippen LogP contribution < -0.4 is 9.47 Å². The molecule has 0 amide bonds. The standard InChI is InChI=1S/C30H33NO4/c1-19-6-5-15-31(19)20(2)18-34-26-12-9-22(10-13-26)30-29(23-7-4-8-24(32)16-23)21(3)27-17-25(33)11-14-28(27)35-30/h4,7-14,16-17,19-20,30,32-33H,5-6,15,18H2,1-3H3/t19-,20-,30?/m0/s1. The van der Waals surface area contributed by atoms with Crippen molar-refractivity contribution in [3.05, 3.63) is 83.4 Å². The third-order valence-corrected chi connectivity index (χ3v) is 7.28. The topological polar surface area (TPSA) is 62.2 Å². The molecule has 5 heteroatoms. The number of rotatable bonds is 6. The highest BCUT2D eigenvalue weighted by Gasteiger charge is 2.30. The van der Waals surface area contributed by atoms with Crippen molar-refractivity contribution in [2.24, 2.45) is 0 Å². The maximum atomic E-state index is 10.1. The molecule has 2 aliphatic heterocycles. The molecule has 182 valence electrons. The zero-order valence-electron chi connectivity index (χ0n) is 20.6. The van der Waals surface area contributed by atoms with E-state index in [4.69, 9.17) is 9.47 Å². The number of phenols is 2. The van der Waals surface area contributed by atoms with Gasteiger partial charge in [-0.25, -0.2) is 0 Å². The fourth-order valence-corrected chi connectivity index (χ4v) is 5.38. The van der Waals surface area contributed by atoms with Crippen LogP contribution in [0.5, 0.6) is 23.0 Å². The van der Waals surface area contributed by atoms with Crippen molar-refractivity contribution in [3.8, 4) is 23.0 Å². The van der Waals surface area contributed by atoms with Gasteiger partial charge in [-0.05, 0) is 99.3 Å². The summed E-state index contributed by atoms with van der Waals surface area (Å²) >= 11 is 0. The normalized spacial score (nSPS) is 20.9. The molecular formula is C30H33NO4. The molecule has 5 rings (SSSR count). The maximum absolute atomic E-state index is 10.1. The van der Waals surface area contributed by atoms with E-state index in [1.165, 1.54) is 12.8 Å². The lowest BCUT2D eigenvalue weighted by Gasteiger charge is -2.31. The van der Waals surface area contributed by atoms with Crippen LogP contribution in [0.4, 0.5) is 0 Å². The number of nitrogens with zero attached hydrogens (tertiary/aromatic N) is 1. The lowest BCUT2D eigenvalue weighted by Crippen LogP contribution is -2.39. The minimum Gasteiger partial charge on any atom is -0.508 e. The SMILES string of the molecule is CC1=C(c2cccc(O)c2)C(c2ccc(OC[C@H](C)N3CCC[C@@H]3C)cc2)Oc2ccc(O)cc21. The molecule has 5 nitrogen and oxygen atoms in total. The Hall–Kier alpha value is -3.44. The van der Waals surface area contributed by atoms with E-state index >= 15 is 0 Å². The number of benzene rings is 3. The summed E-state index contributed by atoms with van der Waals surface area (Å²) < 4.78 is 12.6. The van der Waals surface area contributed by atoms with E-state index in [0.717, 1.165) is 45.9 Å². The maximum Gasteiger partial charge on any atom is 0.150 e. The van der Waals surface area contributed by atoms with Crippen LogP contribution in [0.15, 0.2) is 66.7 Å². The minimum absolute atomic E-state index is 0.194. The molecule has 1 fully saturated rings. The molecule has 0 aliphatic carbocycles. The highest BCUT2D eigenvalue weighted by atomic mass is 16.5. The van der Waals surface area contributed by atoms with Gasteiger partial charge in [-0.3, -0.25) is 4.90 Å². The molecule has 0 spiro atoms. The van der Waals surface area contributed by atoms with Crippen molar-refractivity contribution in [1.29, 1.82) is 0 Å². The van der Waals surface area contributed by atoms with Gasteiger partial charge in [0.1, 0.15) is 35.7 Å². The average molecular weight is 472 g/mol. The molecule has 1 saturated heterocycles. The molecule has 0 aromatic heterocycles. The summed E-state index contributed by atoms with van der Waals surface area (Å²) in [5.41, 5.74) is 4.70. The summed E-state index contributed by atoms with van der Waals surface area (Å²) in [6.45, 7) is 8.36. The molecule has 1 unspecified atom stereocenters. The van der Waals surface area contributed by atoms with Gasteiger partial charge in [0.15, 0.2) is 0 Å². The number of fused-ring (bicyclic) bond motifs is 1. The van der Waals surface area contributed by atoms with Gasteiger partial charge >= 0.3 is 0 Å². The number of phenolic OH excluding ortho intramolecular Hbond substituents is 2. The van der Waals surface area contributed by atoms with Gasteiger partial charge in [-0.15, -0.1) is 0 Å². The Morgan fingerprint density at radius 3 is 2.51 bits per heavy atom. The first-order valence-corrected chi connectivity index (χ1v) is 12.4. The number of likely N-dealkylation sites (tertiary alicyclic amines) is 1. The van der Waals surface area contributed by atoms with Gasteiger partial charge in [0, 0.05) is 23.2 Å². The molecule has 3 atom stereocenters. The quantitative estimate of drug-likeness (QED) is 0.435. The van der Waals surface area contributed by atoms with E-state index < -0.39 is 0 Å². The third kappa shape index (κ3) is 4.73. The Morgan fingerprint density at radius 1 is 1.03 bits per heavy atom. The summed E-state index contributed by atoms with van der Waals surface area (Å²) in [4.78, 5) is 2.52. The van der Waals surface area contributed by atoms with Crippen molar-refractivity contribution in [2.45, 2.75) is 51.8 Å². The van der Waals surface area contributed by atoms with Gasteiger partial charge in [-0.2, -0.15) is 0 Å². The largest absolute Gasteiger partial charge is 0.508 e. The van der Waals surface area contributed by atoms with Crippen LogP contribution in [0.1, 0.15) is 56.4 Å². The lowest BCUT2D eigenvalue weighted by atomic mass is 9.86. The molecule has 0 bridgehead atoms. The molecule has 35 heavy (non-hydrogen) atoms. The van der Waals surface area contributed by atoms with Crippen molar-refractivity contribution < 1.29 is 19.7 Å². The first kappa shape index (κ1) is 23.3. The van der Waals surface area contributed by atoms with E-state index in [2.05, 4.69) is 18.7 Å². The van der Waals surface area contributed by atoms with Crippen molar-refractivity contribution in [2.75, 3.05) is 13.2 Å². The second-order valence-corrected chi connectivity index (χ2v) is 9.73. The number of allylic oxidation sites excluding steroid dienone is 1. The zero-order valence-corrected chi connectivity index (χ0v) is 20.6. The van der Waals surface area contributed by atoms with Crippen LogP contribution in [0.25, 0.3) is 11.1 Å². The number of hydrogen-bond donors (Lipinski definition) is 2. The Labute approximate surface area is 207 Å². The second-order valence-electron chi connectivity index (χ2n) is 9.73. The van der Waals surface area contributed by atoms with Crippen molar-refractivity contribution >= 4 is 11.1 Å². The molecule has 2 heterocycles. The summed E-state index contributed by atoms with van der Waals surface area (Å²) in [6, 6.07) is 21.5. The monoisotopic (exact) mass is 471 g/mol. The highest BCUT2D eigenvalue weighted by molar-refractivity contribution is 5.95. The predicted octanol–water partition coefficient (Wildman–Crippen LogP) is 6.41. The van der Waals surface area contributed by atoms with Gasteiger partial charge < -0.3 is 19.7 Å². The van der Waals surface area contributed by atoms with Gasteiger partial charge in [-0.1, -0.05) is 24.3 Å². The lowest BCUT2D eigenvalue weighted by molar-refractivity contribution is 0.141. The van der Waals surface area contributed by atoms with Gasteiger partial charge in [0.2, 0.25) is 0 Å². The number of hydrogen-bond acceptors (Lipinski definition) is 5. The molecule has 2 N–H and O–H groups in total. The van der Waals surface area contributed by atoms with E-state index in [9.17, 15) is 10.2 Å². The number of aromatic hydroxyl groups is 2. The van der Waals surface area contributed by atoms with E-state index in [1.54, 1.807) is 30.3 Å². The summed E-state index contributed by atoms with van der Waals surface area (Å²) in [5, 5.41) is 20.2. The molecule has 0 saturated carbocycles. The molecule has 3 aromatic rings. The van der Waals surface area contributed by atoms with Crippen LogP contribution in [-0.2, 0) is 0 Å². The second kappa shape index (κ2) is 9.67. The number of ether oxygens (including phenoxy) is 2. The van der Waals surface area contributed by atoms with Crippen LogP contribution in [0.3, 0.4) is 0 Å². The summed E-state index contributed by atoms with van der Waals surface area (Å²) in [7, 11) is 0. The van der Waals surface area contributed by atoms with Crippen molar-refractivity contribution in [1.82, 2.24) is 4.90 Å².